The zero-order valence-electron chi connectivity index (χ0n) is 30.9. The fourth-order valence-corrected chi connectivity index (χ4v) is 5.41. The van der Waals surface area contributed by atoms with Gasteiger partial charge in [-0.3, -0.25) is 4.90 Å². The summed E-state index contributed by atoms with van der Waals surface area (Å²) in [6.45, 7) is -1.34. The lowest BCUT2D eigenvalue weighted by molar-refractivity contribution is -0.218. The van der Waals surface area contributed by atoms with Gasteiger partial charge in [0.25, 0.3) is 0 Å². The second-order valence-electron chi connectivity index (χ2n) is 11.5. The summed E-state index contributed by atoms with van der Waals surface area (Å²) < 4.78 is 74.3. The number of nitrogens with zero attached hydrogens (tertiary/aromatic N) is 4. The van der Waals surface area contributed by atoms with Gasteiger partial charge < -0.3 is 37.9 Å². The molecule has 13 heteroatoms. The molecule has 5 atom stereocenters. The Bertz CT molecular complexity index is 1580. The Kier molecular flexibility index (Phi) is 14.1. The summed E-state index contributed by atoms with van der Waals surface area (Å²) >= 11 is 0. The lowest BCUT2D eigenvalue weighted by Crippen LogP contribution is -2.62. The highest BCUT2D eigenvalue weighted by molar-refractivity contribution is 5.70. The minimum Gasteiger partial charge on any atom is -0.442 e. The fourth-order valence-electron chi connectivity index (χ4n) is 5.41. The van der Waals surface area contributed by atoms with E-state index < -0.39 is 49.6 Å². The summed E-state index contributed by atoms with van der Waals surface area (Å²) in [5, 5.41) is 3.38. The first-order chi connectivity index (χ1) is 25.8. The van der Waals surface area contributed by atoms with Gasteiger partial charge in [0.2, 0.25) is 0 Å². The topological polar surface area (TPSA) is 143 Å². The van der Waals surface area contributed by atoms with Crippen LogP contribution >= 0.6 is 0 Å². The minimum absolute atomic E-state index is 0.0163. The molecule has 5 rings (SSSR count). The lowest BCUT2D eigenvalue weighted by Gasteiger charge is -2.44. The Morgan fingerprint density at radius 1 is 0.760 bits per heavy atom. The van der Waals surface area contributed by atoms with E-state index in [1.54, 1.807) is 0 Å². The van der Waals surface area contributed by atoms with Crippen molar-refractivity contribution in [3.05, 3.63) is 118 Å². The maximum Gasteiger partial charge on any atom is 0.410 e. The summed E-state index contributed by atoms with van der Waals surface area (Å²) in [4.78, 5) is 17.1. The molecular weight excluding hydrogens is 644 g/mol. The predicted molar refractivity (Wildman–Crippen MR) is 183 cm³/mol. The smallest absolute Gasteiger partial charge is 0.410 e. The zero-order chi connectivity index (χ0) is 37.4. The van der Waals surface area contributed by atoms with Crippen LogP contribution < -0.4 is 0 Å². The molecule has 0 unspecified atom stereocenters. The average Bonchev–Trinajstić information content (AvgIpc) is 3.35. The third-order valence-electron chi connectivity index (χ3n) is 7.87. The molecule has 1 amide bonds. The van der Waals surface area contributed by atoms with E-state index in [-0.39, 0.29) is 66.0 Å². The van der Waals surface area contributed by atoms with Gasteiger partial charge in [-0.25, -0.2) is 4.79 Å². The number of ether oxygens (including phenoxy) is 8. The molecule has 2 fully saturated rings. The second kappa shape index (κ2) is 21.2. The predicted octanol–water partition coefficient (Wildman–Crippen LogP) is 5.32. The third-order valence-corrected chi connectivity index (χ3v) is 7.87. The van der Waals surface area contributed by atoms with Gasteiger partial charge in [0.15, 0.2) is 0 Å². The van der Waals surface area contributed by atoms with Gasteiger partial charge in [-0.05, 0) is 22.2 Å². The summed E-state index contributed by atoms with van der Waals surface area (Å²) in [6, 6.07) is 27.8. The molecule has 268 valence electrons. The van der Waals surface area contributed by atoms with E-state index in [2.05, 4.69) is 10.0 Å². The summed E-state index contributed by atoms with van der Waals surface area (Å²) in [6.07, 6.45) is -5.80. The summed E-state index contributed by atoms with van der Waals surface area (Å²) in [5.74, 6) is 0. The highest BCUT2D eigenvalue weighted by Crippen LogP contribution is 2.30. The molecule has 3 aromatic rings. The van der Waals surface area contributed by atoms with E-state index in [9.17, 15) is 4.79 Å². The fraction of sp³-hybridized carbons (Fsp3) is 0.486. The monoisotopic (exact) mass is 693 g/mol. The number of azide groups is 1. The molecule has 13 nitrogen and oxygen atoms in total. The molecule has 0 aromatic heterocycles. The zero-order valence-corrected chi connectivity index (χ0v) is 27.9. The van der Waals surface area contributed by atoms with Crippen molar-refractivity contribution in [3.63, 3.8) is 0 Å². The summed E-state index contributed by atoms with van der Waals surface area (Å²) in [5.41, 5.74) is 11.1. The van der Waals surface area contributed by atoms with Crippen molar-refractivity contribution in [2.45, 2.75) is 50.3 Å². The van der Waals surface area contributed by atoms with Crippen molar-refractivity contribution >= 4 is 6.09 Å². The maximum atomic E-state index is 13.6. The van der Waals surface area contributed by atoms with Gasteiger partial charge in [-0.2, -0.15) is 0 Å². The number of hydrogen-bond donors (Lipinski definition) is 0. The molecule has 2 aliphatic heterocycles. The van der Waals surface area contributed by atoms with Crippen molar-refractivity contribution < 1.29 is 46.8 Å². The van der Waals surface area contributed by atoms with E-state index in [1.807, 2.05) is 91.0 Å². The van der Waals surface area contributed by atoms with E-state index >= 15 is 0 Å². The van der Waals surface area contributed by atoms with Crippen LogP contribution in [0.15, 0.2) is 96.1 Å². The largest absolute Gasteiger partial charge is 0.442 e. The first kappa shape index (κ1) is 33.1. The summed E-state index contributed by atoms with van der Waals surface area (Å²) in [7, 11) is 0. The maximum absolute atomic E-state index is 13.6. The number of carbonyl (C=O) groups excluding carboxylic acids is 1. The highest BCUT2D eigenvalue weighted by Gasteiger charge is 2.49. The van der Waals surface area contributed by atoms with E-state index in [0.29, 0.717) is 6.61 Å². The quantitative estimate of drug-likeness (QED) is 0.0591. The number of rotatable bonds is 22. The number of hydrogen-bond acceptors (Lipinski definition) is 10. The Hall–Kier alpha value is -4.04. The molecule has 3 aromatic carbocycles. The molecule has 0 bridgehead atoms. The van der Waals surface area contributed by atoms with Gasteiger partial charge in [0.1, 0.15) is 24.4 Å². The first-order valence-electron chi connectivity index (χ1n) is 18.1. The molecule has 0 aliphatic carbocycles. The highest BCUT2D eigenvalue weighted by atomic mass is 16.6. The van der Waals surface area contributed by atoms with Gasteiger partial charge in [0.05, 0.1) is 89.3 Å². The van der Waals surface area contributed by atoms with Crippen molar-refractivity contribution in [1.29, 1.82) is 0 Å². The molecule has 2 aliphatic rings. The second-order valence-corrected chi connectivity index (χ2v) is 11.5. The van der Waals surface area contributed by atoms with Crippen LogP contribution in [0.5, 0.6) is 0 Å². The van der Waals surface area contributed by atoms with Gasteiger partial charge in [-0.15, -0.1) is 0 Å². The molecule has 0 saturated carbocycles. The normalized spacial score (nSPS) is 25.2. The van der Waals surface area contributed by atoms with Crippen LogP contribution in [-0.4, -0.2) is 107 Å². The van der Waals surface area contributed by atoms with E-state index in [0.717, 1.165) is 21.6 Å². The number of amides is 1. The van der Waals surface area contributed by atoms with E-state index in [1.165, 1.54) is 0 Å². The molecule has 0 N–H and O–H groups in total. The van der Waals surface area contributed by atoms with Crippen molar-refractivity contribution in [2.24, 2.45) is 5.11 Å². The average molecular weight is 694 g/mol. The Balaban J connectivity index is 1.29. The van der Waals surface area contributed by atoms with Crippen LogP contribution in [0.1, 0.15) is 20.8 Å². The van der Waals surface area contributed by atoms with Crippen molar-refractivity contribution in [3.8, 4) is 0 Å². The van der Waals surface area contributed by atoms with Crippen LogP contribution in [0.3, 0.4) is 0 Å². The van der Waals surface area contributed by atoms with Gasteiger partial charge in [-0.1, -0.05) is 96.1 Å². The van der Waals surface area contributed by atoms with Crippen molar-refractivity contribution in [1.82, 2.24) is 4.90 Å². The van der Waals surface area contributed by atoms with Crippen LogP contribution in [0.4, 0.5) is 4.79 Å². The van der Waals surface area contributed by atoms with Crippen molar-refractivity contribution in [2.75, 3.05) is 65.9 Å². The Labute approximate surface area is 297 Å². The standard InChI is InChI=1S/C37H46N4O9/c38-40-39-16-17-43-18-19-44-20-21-45-26-32-22-41(37(42)50-32)33-27-47-34(28-46-23-29-10-4-1-5-11-29)36(49-25-31-14-8-3-9-15-31)35(33)48-24-30-12-6-2-7-13-30/h1-15,32-36H,16-28H2/t32-,33+,34-,35-,36+/m1/s1/i22D2,32D. The lowest BCUT2D eigenvalue weighted by atomic mass is 9.96. The van der Waals surface area contributed by atoms with Crippen LogP contribution in [0, 0.1) is 0 Å². The Morgan fingerprint density at radius 3 is 1.94 bits per heavy atom. The number of cyclic esters (lactones) is 1. The van der Waals surface area contributed by atoms with Crippen LogP contribution in [0.25, 0.3) is 10.4 Å². The van der Waals surface area contributed by atoms with Gasteiger partial charge in [0, 0.05) is 11.5 Å². The molecule has 0 radical (unpaired) electrons. The molecule has 2 saturated heterocycles. The molecule has 2 heterocycles. The Morgan fingerprint density at radius 2 is 1.32 bits per heavy atom. The SMILES string of the molecule is [2H]C1([2H])N([C@H]2CO[C@H](COCc3ccccc3)[C@H](OCc3ccccc3)[C@@H]2OCc2ccccc2)C(=O)O[C@@]1([2H])COCCOCCOCCN=[N+]=[N-]. The van der Waals surface area contributed by atoms with E-state index in [4.69, 9.17) is 47.5 Å². The number of benzene rings is 3. The van der Waals surface area contributed by atoms with Crippen LogP contribution in [-0.2, 0) is 57.7 Å². The minimum atomic E-state index is -2.66. The molecular formula is C37H46N4O9. The molecule has 50 heavy (non-hydrogen) atoms. The first-order valence-corrected chi connectivity index (χ1v) is 16.6. The third kappa shape index (κ3) is 12.1. The molecule has 0 spiro atoms. The van der Waals surface area contributed by atoms with Gasteiger partial charge >= 0.3 is 6.09 Å². The number of carbonyl (C=O) groups is 1. The van der Waals surface area contributed by atoms with Crippen LogP contribution in [0.2, 0.25) is 0 Å².